The van der Waals surface area contributed by atoms with Crippen LogP contribution in [0, 0.1) is 10.5 Å². The molecule has 0 spiro atoms. The molecule has 1 rings (SSSR count). The van der Waals surface area contributed by atoms with Crippen molar-refractivity contribution < 1.29 is 4.74 Å². The van der Waals surface area contributed by atoms with Crippen molar-refractivity contribution in [2.75, 3.05) is 13.7 Å². The van der Waals surface area contributed by atoms with Gasteiger partial charge in [0.1, 0.15) is 0 Å². The number of aryl methyl sites for hydroxylation is 2. The Balaban J connectivity index is 2.77. The molecular weight excluding hydrogens is 293 g/mol. The Morgan fingerprint density at radius 3 is 2.93 bits per heavy atom. The molecule has 78 valence electrons. The Hall–Kier alpha value is -0.360. The van der Waals surface area contributed by atoms with Crippen molar-refractivity contribution in [3.05, 3.63) is 31.8 Å². The second kappa shape index (κ2) is 5.50. The molecule has 0 aromatic carbocycles. The lowest BCUT2D eigenvalue weighted by Gasteiger charge is -2.06. The highest BCUT2D eigenvalue weighted by molar-refractivity contribution is 14.1. The van der Waals surface area contributed by atoms with Crippen LogP contribution in [0.25, 0.3) is 0 Å². The van der Waals surface area contributed by atoms with Gasteiger partial charge in [-0.15, -0.1) is 0 Å². The molecule has 4 heteroatoms. The average molecular weight is 307 g/mol. The monoisotopic (exact) mass is 307 g/mol. The van der Waals surface area contributed by atoms with E-state index in [0.29, 0.717) is 6.61 Å². The number of rotatable bonds is 4. The number of halogens is 1. The van der Waals surface area contributed by atoms with Crippen molar-refractivity contribution in [3.63, 3.8) is 0 Å². The Morgan fingerprint density at radius 2 is 2.29 bits per heavy atom. The molecule has 0 N–H and O–H groups in total. The maximum absolute atomic E-state index is 11.5. The summed E-state index contributed by atoms with van der Waals surface area (Å²) in [5.41, 5.74) is 1.11. The zero-order valence-electron chi connectivity index (χ0n) is 8.42. The molecule has 0 bridgehead atoms. The molecule has 0 atom stereocenters. The van der Waals surface area contributed by atoms with Crippen molar-refractivity contribution in [1.29, 1.82) is 0 Å². The summed E-state index contributed by atoms with van der Waals surface area (Å²) in [4.78, 5) is 11.5. The molecule has 1 heterocycles. The average Bonchev–Trinajstić information content (AvgIpc) is 2.14. The number of ether oxygens (including phenoxy) is 1. The highest BCUT2D eigenvalue weighted by atomic mass is 127. The smallest absolute Gasteiger partial charge is 0.250 e. The third-order valence-electron chi connectivity index (χ3n) is 2.02. The third kappa shape index (κ3) is 3.09. The van der Waals surface area contributed by atoms with Crippen LogP contribution < -0.4 is 5.56 Å². The molecule has 0 amide bonds. The van der Waals surface area contributed by atoms with E-state index < -0.39 is 0 Å². The maximum atomic E-state index is 11.5. The summed E-state index contributed by atoms with van der Waals surface area (Å²) in [5, 5.41) is 0. The summed E-state index contributed by atoms with van der Waals surface area (Å²) in [5.74, 6) is 0. The van der Waals surface area contributed by atoms with Crippen LogP contribution in [0.5, 0.6) is 0 Å². The van der Waals surface area contributed by atoms with E-state index in [-0.39, 0.29) is 5.56 Å². The van der Waals surface area contributed by atoms with Crippen LogP contribution in [0.3, 0.4) is 0 Å². The second-order valence-corrected chi connectivity index (χ2v) is 4.34. The highest BCUT2D eigenvalue weighted by Crippen LogP contribution is 2.07. The largest absolute Gasteiger partial charge is 0.385 e. The second-order valence-electron chi connectivity index (χ2n) is 3.18. The van der Waals surface area contributed by atoms with Gasteiger partial charge in [0.05, 0.1) is 0 Å². The van der Waals surface area contributed by atoms with Gasteiger partial charge in [-0.3, -0.25) is 4.79 Å². The number of nitrogens with zero attached hydrogens (tertiary/aromatic N) is 1. The molecule has 0 fully saturated rings. The molecule has 0 radical (unpaired) electrons. The number of hydrogen-bond acceptors (Lipinski definition) is 2. The lowest BCUT2D eigenvalue weighted by atomic mass is 10.3. The van der Waals surface area contributed by atoms with Crippen LogP contribution in [0.15, 0.2) is 17.1 Å². The zero-order chi connectivity index (χ0) is 10.6. The minimum absolute atomic E-state index is 0.0685. The van der Waals surface area contributed by atoms with Crippen molar-refractivity contribution in [2.45, 2.75) is 19.9 Å². The molecule has 0 unspecified atom stereocenters. The van der Waals surface area contributed by atoms with Gasteiger partial charge in [0, 0.05) is 36.1 Å². The van der Waals surface area contributed by atoms with Crippen LogP contribution in [-0.4, -0.2) is 18.3 Å². The van der Waals surface area contributed by atoms with E-state index in [4.69, 9.17) is 4.74 Å². The van der Waals surface area contributed by atoms with E-state index >= 15 is 0 Å². The Kier molecular flexibility index (Phi) is 4.60. The van der Waals surface area contributed by atoms with Crippen LogP contribution in [0.4, 0.5) is 0 Å². The van der Waals surface area contributed by atoms with Crippen LogP contribution in [-0.2, 0) is 11.3 Å². The zero-order valence-corrected chi connectivity index (χ0v) is 10.6. The minimum Gasteiger partial charge on any atom is -0.385 e. The SMILES string of the molecule is COCCCn1cc(I)c(C)cc1=O. The fourth-order valence-corrected chi connectivity index (χ4v) is 1.69. The van der Waals surface area contributed by atoms with Gasteiger partial charge in [-0.05, 0) is 41.5 Å². The topological polar surface area (TPSA) is 31.2 Å². The minimum atomic E-state index is 0.0685. The first kappa shape index (κ1) is 11.7. The first-order chi connectivity index (χ1) is 6.65. The summed E-state index contributed by atoms with van der Waals surface area (Å²) in [6.07, 6.45) is 2.77. The molecule has 3 nitrogen and oxygen atoms in total. The summed E-state index contributed by atoms with van der Waals surface area (Å²) in [6, 6.07) is 1.68. The summed E-state index contributed by atoms with van der Waals surface area (Å²) < 4.78 is 7.79. The normalized spacial score (nSPS) is 10.5. The molecule has 1 aromatic heterocycles. The highest BCUT2D eigenvalue weighted by Gasteiger charge is 2.00. The van der Waals surface area contributed by atoms with E-state index in [2.05, 4.69) is 22.6 Å². The standard InChI is InChI=1S/C10H14INO2/c1-8-6-10(13)12(7-9(8)11)4-3-5-14-2/h6-7H,3-5H2,1-2H3. The van der Waals surface area contributed by atoms with Gasteiger partial charge in [-0.1, -0.05) is 0 Å². The van der Waals surface area contributed by atoms with Crippen molar-refractivity contribution in [1.82, 2.24) is 4.57 Å². The van der Waals surface area contributed by atoms with E-state index in [0.717, 1.165) is 22.1 Å². The number of pyridine rings is 1. The lowest BCUT2D eigenvalue weighted by Crippen LogP contribution is -2.20. The molecule has 1 aromatic rings. The molecule has 14 heavy (non-hydrogen) atoms. The van der Waals surface area contributed by atoms with E-state index in [1.165, 1.54) is 0 Å². The first-order valence-electron chi connectivity index (χ1n) is 4.50. The fourth-order valence-electron chi connectivity index (χ4n) is 1.19. The number of aromatic nitrogens is 1. The van der Waals surface area contributed by atoms with Gasteiger partial charge in [-0.25, -0.2) is 0 Å². The van der Waals surface area contributed by atoms with Gasteiger partial charge in [0.25, 0.3) is 5.56 Å². The molecule has 0 aliphatic carbocycles. The Bertz CT molecular complexity index is 360. The third-order valence-corrected chi connectivity index (χ3v) is 3.15. The maximum Gasteiger partial charge on any atom is 0.250 e. The van der Waals surface area contributed by atoms with E-state index in [9.17, 15) is 4.79 Å². The summed E-state index contributed by atoms with van der Waals surface area (Å²) in [7, 11) is 1.67. The quantitative estimate of drug-likeness (QED) is 0.627. The van der Waals surface area contributed by atoms with Gasteiger partial charge in [0.15, 0.2) is 0 Å². The van der Waals surface area contributed by atoms with Gasteiger partial charge >= 0.3 is 0 Å². The predicted molar refractivity (Wildman–Crippen MR) is 64.6 cm³/mol. The number of methoxy groups -OCH3 is 1. The molecule has 0 aliphatic rings. The number of hydrogen-bond donors (Lipinski definition) is 0. The van der Waals surface area contributed by atoms with E-state index in [1.54, 1.807) is 17.7 Å². The molecule has 0 aliphatic heterocycles. The predicted octanol–water partition coefficient (Wildman–Crippen LogP) is 1.80. The molecule has 0 saturated carbocycles. The van der Waals surface area contributed by atoms with Gasteiger partial charge in [-0.2, -0.15) is 0 Å². The van der Waals surface area contributed by atoms with Crippen LogP contribution >= 0.6 is 22.6 Å². The van der Waals surface area contributed by atoms with Crippen LogP contribution in [0.2, 0.25) is 0 Å². The Morgan fingerprint density at radius 1 is 1.57 bits per heavy atom. The van der Waals surface area contributed by atoms with Crippen molar-refractivity contribution in [2.24, 2.45) is 0 Å². The lowest BCUT2D eigenvalue weighted by molar-refractivity contribution is 0.190. The molecular formula is C10H14INO2. The van der Waals surface area contributed by atoms with Crippen molar-refractivity contribution >= 4 is 22.6 Å². The molecule has 0 saturated heterocycles. The van der Waals surface area contributed by atoms with Gasteiger partial charge in [0.2, 0.25) is 0 Å². The summed E-state index contributed by atoms with van der Waals surface area (Å²) in [6.45, 7) is 3.36. The van der Waals surface area contributed by atoms with Gasteiger partial charge < -0.3 is 9.30 Å². The summed E-state index contributed by atoms with van der Waals surface area (Å²) >= 11 is 2.24. The van der Waals surface area contributed by atoms with Crippen molar-refractivity contribution in [3.8, 4) is 0 Å². The first-order valence-corrected chi connectivity index (χ1v) is 5.58. The fraction of sp³-hybridized carbons (Fsp3) is 0.500. The van der Waals surface area contributed by atoms with E-state index in [1.807, 2.05) is 13.1 Å². The van der Waals surface area contributed by atoms with Crippen LogP contribution in [0.1, 0.15) is 12.0 Å². The Labute approximate surface area is 97.2 Å².